The van der Waals surface area contributed by atoms with Crippen molar-refractivity contribution in [3.05, 3.63) is 11.6 Å². The van der Waals surface area contributed by atoms with Gasteiger partial charge in [0.2, 0.25) is 0 Å². The van der Waals surface area contributed by atoms with Crippen LogP contribution < -0.4 is 0 Å². The minimum atomic E-state index is -1.03. The highest BCUT2D eigenvalue weighted by Crippen LogP contribution is 2.01. The summed E-state index contributed by atoms with van der Waals surface area (Å²) >= 11 is 0. The molecular weight excluding hydrogens is 148 g/mol. The highest BCUT2D eigenvalue weighted by atomic mass is 16.4. The molecule has 64 valence electrons. The Morgan fingerprint density at radius 2 is 1.91 bits per heavy atom. The number of hydrogen-bond donors (Lipinski definition) is 3. The van der Waals surface area contributed by atoms with Crippen molar-refractivity contribution in [1.29, 1.82) is 0 Å². The van der Waals surface area contributed by atoms with Gasteiger partial charge in [-0.1, -0.05) is 6.08 Å². The average Bonchev–Trinajstić information content (AvgIpc) is 1.99. The van der Waals surface area contributed by atoms with Crippen LogP contribution in [0.5, 0.6) is 0 Å². The predicted octanol–water partition coefficient (Wildman–Crippen LogP) is -0.382. The predicted molar refractivity (Wildman–Crippen MR) is 39.1 cm³/mol. The second-order valence-corrected chi connectivity index (χ2v) is 2.28. The Kier molecular flexibility index (Phi) is 4.49. The Labute approximate surface area is 64.8 Å². The van der Waals surface area contributed by atoms with Gasteiger partial charge in [0.15, 0.2) is 0 Å². The van der Waals surface area contributed by atoms with Crippen LogP contribution in [0.25, 0.3) is 0 Å². The minimum Gasteiger partial charge on any atom is -0.478 e. The summed E-state index contributed by atoms with van der Waals surface area (Å²) in [6.45, 7) is 0.947. The van der Waals surface area contributed by atoms with Gasteiger partial charge in [-0.3, -0.25) is 0 Å². The van der Waals surface area contributed by atoms with Gasteiger partial charge in [0, 0.05) is 11.5 Å². The molecule has 0 saturated heterocycles. The molecule has 0 amide bonds. The van der Waals surface area contributed by atoms with Crippen LogP contribution in [-0.4, -0.2) is 34.5 Å². The maximum Gasteiger partial charge on any atom is 0.330 e. The van der Waals surface area contributed by atoms with E-state index in [1.54, 1.807) is 0 Å². The maximum atomic E-state index is 10.2. The Morgan fingerprint density at radius 1 is 1.45 bits per heavy atom. The van der Waals surface area contributed by atoms with Crippen molar-refractivity contribution in [3.63, 3.8) is 0 Å². The normalized spacial score (nSPS) is 12.2. The van der Waals surface area contributed by atoms with Gasteiger partial charge in [-0.15, -0.1) is 0 Å². The van der Waals surface area contributed by atoms with Gasteiger partial charge in [-0.25, -0.2) is 4.79 Å². The number of carbonyl (C=O) groups is 1. The second-order valence-electron chi connectivity index (χ2n) is 2.28. The van der Waals surface area contributed by atoms with Crippen LogP contribution >= 0.6 is 0 Å². The SMILES string of the molecule is CC(=CC(CO)CO)C(=O)O. The van der Waals surface area contributed by atoms with Gasteiger partial charge in [-0.05, 0) is 6.92 Å². The van der Waals surface area contributed by atoms with E-state index in [9.17, 15) is 4.79 Å². The molecule has 0 atom stereocenters. The van der Waals surface area contributed by atoms with Crippen LogP contribution in [0.4, 0.5) is 0 Å². The first-order valence-electron chi connectivity index (χ1n) is 3.25. The molecule has 0 radical (unpaired) electrons. The number of carboxylic acids is 1. The van der Waals surface area contributed by atoms with Crippen molar-refractivity contribution in [2.45, 2.75) is 6.92 Å². The van der Waals surface area contributed by atoms with E-state index in [1.807, 2.05) is 0 Å². The number of aliphatic hydroxyl groups excluding tert-OH is 2. The Hall–Kier alpha value is -0.870. The monoisotopic (exact) mass is 160 g/mol. The third-order valence-corrected chi connectivity index (χ3v) is 1.29. The molecule has 0 unspecified atom stereocenters. The molecule has 0 fully saturated rings. The molecule has 0 heterocycles. The third-order valence-electron chi connectivity index (χ3n) is 1.29. The number of rotatable bonds is 4. The summed E-state index contributed by atoms with van der Waals surface area (Å²) in [6.07, 6.45) is 1.34. The minimum absolute atomic E-state index is 0.137. The average molecular weight is 160 g/mol. The van der Waals surface area contributed by atoms with Crippen molar-refractivity contribution in [1.82, 2.24) is 0 Å². The fraction of sp³-hybridized carbons (Fsp3) is 0.571. The van der Waals surface area contributed by atoms with E-state index in [0.29, 0.717) is 0 Å². The van der Waals surface area contributed by atoms with Gasteiger partial charge >= 0.3 is 5.97 Å². The lowest BCUT2D eigenvalue weighted by molar-refractivity contribution is -0.132. The number of carboxylic acid groups (broad SMARTS) is 1. The van der Waals surface area contributed by atoms with E-state index in [2.05, 4.69) is 0 Å². The molecule has 11 heavy (non-hydrogen) atoms. The van der Waals surface area contributed by atoms with Crippen LogP contribution in [0.3, 0.4) is 0 Å². The Morgan fingerprint density at radius 3 is 2.18 bits per heavy atom. The molecule has 0 aliphatic carbocycles. The molecule has 0 saturated carbocycles. The second kappa shape index (κ2) is 4.87. The summed E-state index contributed by atoms with van der Waals surface area (Å²) in [5, 5.41) is 25.5. The number of aliphatic hydroxyl groups is 2. The van der Waals surface area contributed by atoms with Gasteiger partial charge in [0.25, 0.3) is 0 Å². The lowest BCUT2D eigenvalue weighted by atomic mass is 10.1. The molecule has 0 bridgehead atoms. The van der Waals surface area contributed by atoms with E-state index in [-0.39, 0.29) is 18.8 Å². The summed E-state index contributed by atoms with van der Waals surface area (Å²) in [7, 11) is 0. The molecule has 0 aromatic carbocycles. The lowest BCUT2D eigenvalue weighted by Gasteiger charge is -2.04. The summed E-state index contributed by atoms with van der Waals surface area (Å²) in [5.41, 5.74) is 0.137. The molecule has 0 rings (SSSR count). The summed E-state index contributed by atoms with van der Waals surface area (Å²) < 4.78 is 0. The zero-order chi connectivity index (χ0) is 8.85. The van der Waals surface area contributed by atoms with Crippen LogP contribution in [0, 0.1) is 5.92 Å². The first kappa shape index (κ1) is 10.1. The molecule has 4 nitrogen and oxygen atoms in total. The third kappa shape index (κ3) is 3.75. The fourth-order valence-corrected chi connectivity index (χ4v) is 0.588. The zero-order valence-corrected chi connectivity index (χ0v) is 6.32. The topological polar surface area (TPSA) is 77.8 Å². The Balaban J connectivity index is 4.14. The number of aliphatic carboxylic acids is 1. The fourth-order valence-electron chi connectivity index (χ4n) is 0.588. The van der Waals surface area contributed by atoms with Crippen molar-refractivity contribution in [2.75, 3.05) is 13.2 Å². The van der Waals surface area contributed by atoms with E-state index < -0.39 is 11.9 Å². The van der Waals surface area contributed by atoms with Gasteiger partial charge in [-0.2, -0.15) is 0 Å². The van der Waals surface area contributed by atoms with Gasteiger partial charge in [0.1, 0.15) is 0 Å². The highest BCUT2D eigenvalue weighted by Gasteiger charge is 2.05. The molecule has 4 heteroatoms. The van der Waals surface area contributed by atoms with E-state index in [4.69, 9.17) is 15.3 Å². The molecule has 0 aliphatic heterocycles. The smallest absolute Gasteiger partial charge is 0.330 e. The first-order chi connectivity index (χ1) is 5.11. The van der Waals surface area contributed by atoms with Crippen LogP contribution in [0.2, 0.25) is 0 Å². The van der Waals surface area contributed by atoms with Crippen LogP contribution in [-0.2, 0) is 4.79 Å². The van der Waals surface area contributed by atoms with Crippen molar-refractivity contribution < 1.29 is 20.1 Å². The summed E-state index contributed by atoms with van der Waals surface area (Å²) in [4.78, 5) is 10.2. The van der Waals surface area contributed by atoms with Crippen LogP contribution in [0.15, 0.2) is 11.6 Å². The number of hydrogen-bond acceptors (Lipinski definition) is 3. The van der Waals surface area contributed by atoms with Crippen molar-refractivity contribution >= 4 is 5.97 Å². The standard InChI is InChI=1S/C7H12O4/c1-5(7(10)11)2-6(3-8)4-9/h2,6,8-9H,3-4H2,1H3,(H,10,11). The van der Waals surface area contributed by atoms with Gasteiger partial charge in [0.05, 0.1) is 13.2 Å². The van der Waals surface area contributed by atoms with E-state index in [1.165, 1.54) is 13.0 Å². The molecule has 0 spiro atoms. The zero-order valence-electron chi connectivity index (χ0n) is 6.32. The van der Waals surface area contributed by atoms with Gasteiger partial charge < -0.3 is 15.3 Å². The van der Waals surface area contributed by atoms with E-state index >= 15 is 0 Å². The summed E-state index contributed by atoms with van der Waals surface area (Å²) in [6, 6.07) is 0. The molecule has 0 aromatic rings. The molecule has 0 aromatic heterocycles. The molecule has 0 aliphatic rings. The van der Waals surface area contributed by atoms with Crippen molar-refractivity contribution in [2.24, 2.45) is 5.92 Å². The van der Waals surface area contributed by atoms with E-state index in [0.717, 1.165) is 0 Å². The maximum absolute atomic E-state index is 10.2. The quantitative estimate of drug-likeness (QED) is 0.490. The lowest BCUT2D eigenvalue weighted by Crippen LogP contribution is -2.10. The molecule has 3 N–H and O–H groups in total. The largest absolute Gasteiger partial charge is 0.478 e. The van der Waals surface area contributed by atoms with Crippen molar-refractivity contribution in [3.8, 4) is 0 Å². The first-order valence-corrected chi connectivity index (χ1v) is 3.25. The van der Waals surface area contributed by atoms with Crippen LogP contribution in [0.1, 0.15) is 6.92 Å². The summed E-state index contributed by atoms with van der Waals surface area (Å²) in [5.74, 6) is -1.50. The highest BCUT2D eigenvalue weighted by molar-refractivity contribution is 5.85. The molecular formula is C7H12O4. The Bertz CT molecular complexity index is 158.